The third kappa shape index (κ3) is 3.39. The highest BCUT2D eigenvalue weighted by Crippen LogP contribution is 2.33. The van der Waals surface area contributed by atoms with Gasteiger partial charge in [0.1, 0.15) is 4.90 Å². The van der Waals surface area contributed by atoms with E-state index >= 15 is 0 Å². The quantitative estimate of drug-likeness (QED) is 0.837. The lowest BCUT2D eigenvalue weighted by Crippen LogP contribution is -2.14. The molecule has 0 heterocycles. The minimum Gasteiger partial charge on any atom is -0.399 e. The van der Waals surface area contributed by atoms with Gasteiger partial charge in [-0.3, -0.25) is 4.72 Å². The first-order valence-corrected chi connectivity index (χ1v) is 7.85. The van der Waals surface area contributed by atoms with Crippen molar-refractivity contribution >= 4 is 44.6 Å². The maximum Gasteiger partial charge on any atom is 0.264 e. The van der Waals surface area contributed by atoms with E-state index in [2.05, 4.69) is 4.72 Å². The molecule has 2 rings (SSSR count). The fraction of sp³-hybridized carbons (Fsp3) is 0. The Hall–Kier alpha value is -1.94. The molecule has 0 aromatic heterocycles. The number of anilines is 2. The maximum atomic E-state index is 12.4. The topological polar surface area (TPSA) is 96.0 Å². The Bertz CT molecular complexity index is 822. The van der Waals surface area contributed by atoms with E-state index < -0.39 is 10.0 Å². The van der Waals surface area contributed by atoms with Crippen molar-refractivity contribution in [2.45, 2.75) is 4.90 Å². The maximum absolute atomic E-state index is 12.4. The molecule has 0 unspecified atom stereocenters. The molecule has 21 heavy (non-hydrogen) atoms. The number of nitrogens with one attached hydrogen (secondary N) is 1. The number of rotatable bonds is 3. The molecule has 0 bridgehead atoms. The number of nitriles is 1. The molecule has 8 heteroatoms. The molecule has 0 radical (unpaired) electrons. The molecule has 0 aliphatic carbocycles. The molecule has 0 saturated carbocycles. The second-order valence-electron chi connectivity index (χ2n) is 4.11. The Kier molecular flexibility index (Phi) is 4.28. The minimum absolute atomic E-state index is 0.0797. The third-order valence-corrected chi connectivity index (χ3v) is 4.84. The summed E-state index contributed by atoms with van der Waals surface area (Å²) in [5.74, 6) is 0. The molecule has 0 amide bonds. The van der Waals surface area contributed by atoms with E-state index in [9.17, 15) is 8.42 Å². The lowest BCUT2D eigenvalue weighted by Gasteiger charge is -2.11. The molecular formula is C13H9Cl2N3O2S. The molecule has 0 atom stereocenters. The summed E-state index contributed by atoms with van der Waals surface area (Å²) in [7, 11) is -4.00. The molecule has 108 valence electrons. The Morgan fingerprint density at radius 1 is 1.14 bits per heavy atom. The van der Waals surface area contributed by atoms with Crippen LogP contribution in [0, 0.1) is 11.3 Å². The average Bonchev–Trinajstić information content (AvgIpc) is 2.36. The first kappa shape index (κ1) is 15.4. The molecule has 3 N–H and O–H groups in total. The fourth-order valence-corrected chi connectivity index (χ4v) is 3.98. The number of halogens is 2. The fourth-order valence-electron chi connectivity index (χ4n) is 1.69. The molecule has 0 saturated heterocycles. The van der Waals surface area contributed by atoms with Crippen molar-refractivity contribution < 1.29 is 8.42 Å². The Morgan fingerprint density at radius 2 is 1.76 bits per heavy atom. The molecule has 0 fully saturated rings. The van der Waals surface area contributed by atoms with Crippen molar-refractivity contribution in [3.05, 3.63) is 52.0 Å². The normalized spacial score (nSPS) is 10.9. The number of hydrogen-bond acceptors (Lipinski definition) is 4. The van der Waals surface area contributed by atoms with Crippen molar-refractivity contribution in [3.63, 3.8) is 0 Å². The summed E-state index contributed by atoms with van der Waals surface area (Å²) in [5.41, 5.74) is 6.36. The van der Waals surface area contributed by atoms with Crippen molar-refractivity contribution in [2.24, 2.45) is 0 Å². The zero-order valence-electron chi connectivity index (χ0n) is 10.5. The summed E-state index contributed by atoms with van der Waals surface area (Å²) in [6.45, 7) is 0. The van der Waals surface area contributed by atoms with Crippen molar-refractivity contribution in [3.8, 4) is 6.07 Å². The molecule has 5 nitrogen and oxygen atoms in total. The van der Waals surface area contributed by atoms with Crippen LogP contribution in [0.3, 0.4) is 0 Å². The molecule has 2 aromatic rings. The van der Waals surface area contributed by atoms with Crippen LogP contribution >= 0.6 is 23.2 Å². The van der Waals surface area contributed by atoms with Crippen molar-refractivity contribution in [1.82, 2.24) is 0 Å². The van der Waals surface area contributed by atoms with Gasteiger partial charge in [0.25, 0.3) is 10.0 Å². The van der Waals surface area contributed by atoms with E-state index in [0.717, 1.165) is 0 Å². The first-order chi connectivity index (χ1) is 9.83. The summed E-state index contributed by atoms with van der Waals surface area (Å²) in [5, 5.41) is 8.65. The largest absolute Gasteiger partial charge is 0.399 e. The predicted molar refractivity (Wildman–Crippen MR) is 82.8 cm³/mol. The number of nitrogens with zero attached hydrogens (tertiary/aromatic N) is 1. The summed E-state index contributed by atoms with van der Waals surface area (Å²) < 4.78 is 27.0. The SMILES string of the molecule is N#Cc1cccc(NS(=O)(=O)c2c(Cl)cc(N)cc2Cl)c1. The van der Waals surface area contributed by atoms with Crippen LogP contribution in [-0.2, 0) is 10.0 Å². The standard InChI is InChI=1S/C13H9Cl2N3O2S/c14-11-5-9(17)6-12(15)13(11)21(19,20)18-10-3-1-2-8(4-10)7-16/h1-6,18H,17H2. The van der Waals surface area contributed by atoms with Gasteiger partial charge in [-0.15, -0.1) is 0 Å². The second kappa shape index (κ2) is 5.82. The van der Waals surface area contributed by atoms with Crippen molar-refractivity contribution in [1.29, 1.82) is 5.26 Å². The Balaban J connectivity index is 2.46. The molecular weight excluding hydrogens is 333 g/mol. The highest BCUT2D eigenvalue weighted by atomic mass is 35.5. The van der Waals surface area contributed by atoms with Crippen LogP contribution in [0.25, 0.3) is 0 Å². The van der Waals surface area contributed by atoms with Gasteiger partial charge in [0, 0.05) is 5.69 Å². The zero-order chi connectivity index (χ0) is 15.6. The van der Waals surface area contributed by atoms with Crippen LogP contribution in [0.4, 0.5) is 11.4 Å². The number of sulfonamides is 1. The van der Waals surface area contributed by atoms with Crippen LogP contribution in [0.1, 0.15) is 5.56 Å². The number of nitrogens with two attached hydrogens (primary N) is 1. The van der Waals surface area contributed by atoms with E-state index in [0.29, 0.717) is 5.56 Å². The van der Waals surface area contributed by atoms with Crippen LogP contribution in [0.5, 0.6) is 0 Å². The summed E-state index contributed by atoms with van der Waals surface area (Å²) >= 11 is 11.8. The molecule has 0 spiro atoms. The Morgan fingerprint density at radius 3 is 2.33 bits per heavy atom. The van der Waals surface area contributed by atoms with Crippen LogP contribution in [0.15, 0.2) is 41.3 Å². The van der Waals surface area contributed by atoms with Gasteiger partial charge in [-0.05, 0) is 30.3 Å². The van der Waals surface area contributed by atoms with Crippen LogP contribution in [-0.4, -0.2) is 8.42 Å². The number of nitrogen functional groups attached to an aromatic ring is 1. The monoisotopic (exact) mass is 341 g/mol. The lowest BCUT2D eigenvalue weighted by molar-refractivity contribution is 0.601. The van der Waals surface area contributed by atoms with Crippen molar-refractivity contribution in [2.75, 3.05) is 10.5 Å². The van der Waals surface area contributed by atoms with Gasteiger partial charge >= 0.3 is 0 Å². The lowest BCUT2D eigenvalue weighted by atomic mass is 10.2. The van der Waals surface area contributed by atoms with E-state index in [-0.39, 0.29) is 26.3 Å². The van der Waals surface area contributed by atoms with Gasteiger partial charge in [0.05, 0.1) is 27.4 Å². The predicted octanol–water partition coefficient (Wildman–Crippen LogP) is 3.25. The summed E-state index contributed by atoms with van der Waals surface area (Å²) in [6.07, 6.45) is 0. The number of benzene rings is 2. The zero-order valence-corrected chi connectivity index (χ0v) is 12.8. The highest BCUT2D eigenvalue weighted by molar-refractivity contribution is 7.93. The smallest absolute Gasteiger partial charge is 0.264 e. The van der Waals surface area contributed by atoms with E-state index in [1.807, 2.05) is 6.07 Å². The van der Waals surface area contributed by atoms with Gasteiger partial charge < -0.3 is 5.73 Å². The number of hydrogen-bond donors (Lipinski definition) is 2. The second-order valence-corrected chi connectivity index (χ2v) is 6.55. The van der Waals surface area contributed by atoms with Gasteiger partial charge in [-0.1, -0.05) is 29.3 Å². The van der Waals surface area contributed by atoms with Crippen LogP contribution < -0.4 is 10.5 Å². The molecule has 2 aromatic carbocycles. The van der Waals surface area contributed by atoms with Crippen LogP contribution in [0.2, 0.25) is 10.0 Å². The molecule has 0 aliphatic heterocycles. The summed E-state index contributed by atoms with van der Waals surface area (Å²) in [4.78, 5) is -0.262. The highest BCUT2D eigenvalue weighted by Gasteiger charge is 2.22. The first-order valence-electron chi connectivity index (χ1n) is 5.61. The molecule has 0 aliphatic rings. The summed E-state index contributed by atoms with van der Waals surface area (Å²) in [6, 6.07) is 10.5. The van der Waals surface area contributed by atoms with E-state index in [1.165, 1.54) is 24.3 Å². The van der Waals surface area contributed by atoms with E-state index in [1.54, 1.807) is 12.1 Å². The van der Waals surface area contributed by atoms with Gasteiger partial charge in [-0.2, -0.15) is 5.26 Å². The minimum atomic E-state index is -4.00. The van der Waals surface area contributed by atoms with E-state index in [4.69, 9.17) is 34.2 Å². The third-order valence-electron chi connectivity index (χ3n) is 2.53. The van der Waals surface area contributed by atoms with Gasteiger partial charge in [0.15, 0.2) is 0 Å². The average molecular weight is 342 g/mol. The Labute approximate surface area is 132 Å². The van der Waals surface area contributed by atoms with Gasteiger partial charge in [-0.25, -0.2) is 8.42 Å². The van der Waals surface area contributed by atoms with Gasteiger partial charge in [0.2, 0.25) is 0 Å².